The molecule has 0 spiro atoms. The maximum Gasteiger partial charge on any atom is 0.0715 e. The van der Waals surface area contributed by atoms with Crippen LogP contribution in [0.1, 0.15) is 43.7 Å². The SMILES string of the molecule is COC12CC3CC(C1)C(C(N=[N+]=[N-])c1ccccc1)C(O)(C3)C2. The van der Waals surface area contributed by atoms with Gasteiger partial charge in [-0.25, -0.2) is 0 Å². The quantitative estimate of drug-likeness (QED) is 0.518. The van der Waals surface area contributed by atoms with Crippen molar-refractivity contribution < 1.29 is 9.84 Å². The second-order valence-electron chi connectivity index (χ2n) is 7.73. The van der Waals surface area contributed by atoms with Gasteiger partial charge in [-0.3, -0.25) is 0 Å². The third kappa shape index (κ3) is 2.26. The molecule has 0 radical (unpaired) electrons. The fourth-order valence-electron chi connectivity index (χ4n) is 5.92. The predicted molar refractivity (Wildman–Crippen MR) is 86.6 cm³/mol. The molecule has 0 heterocycles. The number of methoxy groups -OCH3 is 1. The maximum atomic E-state index is 11.5. The molecular formula is C18H23N3O2. The van der Waals surface area contributed by atoms with Gasteiger partial charge in [0.25, 0.3) is 0 Å². The van der Waals surface area contributed by atoms with Crippen LogP contribution >= 0.6 is 0 Å². The van der Waals surface area contributed by atoms with E-state index in [0.717, 1.165) is 31.2 Å². The molecule has 6 atom stereocenters. The van der Waals surface area contributed by atoms with E-state index in [0.29, 0.717) is 18.3 Å². The van der Waals surface area contributed by atoms with Gasteiger partial charge in [0, 0.05) is 24.4 Å². The topological polar surface area (TPSA) is 78.2 Å². The van der Waals surface area contributed by atoms with Crippen LogP contribution in [0.15, 0.2) is 35.4 Å². The van der Waals surface area contributed by atoms with Gasteiger partial charge in [-0.2, -0.15) is 0 Å². The number of hydrogen-bond acceptors (Lipinski definition) is 3. The van der Waals surface area contributed by atoms with Crippen molar-refractivity contribution in [3.63, 3.8) is 0 Å². The molecule has 4 saturated carbocycles. The lowest BCUT2D eigenvalue weighted by Crippen LogP contribution is -2.65. The van der Waals surface area contributed by atoms with Crippen molar-refractivity contribution in [3.05, 3.63) is 46.3 Å². The van der Waals surface area contributed by atoms with Crippen LogP contribution in [-0.4, -0.2) is 23.4 Å². The Bertz CT molecular complexity index is 645. The van der Waals surface area contributed by atoms with Crippen LogP contribution in [0.3, 0.4) is 0 Å². The van der Waals surface area contributed by atoms with Gasteiger partial charge in [0.15, 0.2) is 0 Å². The highest BCUT2D eigenvalue weighted by Gasteiger charge is 2.63. The Hall–Kier alpha value is -1.55. The summed E-state index contributed by atoms with van der Waals surface area (Å²) in [4.78, 5) is 3.10. The Balaban J connectivity index is 1.75. The average molecular weight is 313 g/mol. The largest absolute Gasteiger partial charge is 0.389 e. The van der Waals surface area contributed by atoms with Crippen LogP contribution in [0.5, 0.6) is 0 Å². The summed E-state index contributed by atoms with van der Waals surface area (Å²) >= 11 is 0. The third-order valence-corrected chi connectivity index (χ3v) is 6.42. The summed E-state index contributed by atoms with van der Waals surface area (Å²) < 4.78 is 5.85. The zero-order valence-corrected chi connectivity index (χ0v) is 13.4. The van der Waals surface area contributed by atoms with Crippen LogP contribution in [0.4, 0.5) is 0 Å². The molecule has 4 aliphatic rings. The van der Waals surface area contributed by atoms with Gasteiger partial charge >= 0.3 is 0 Å². The monoisotopic (exact) mass is 313 g/mol. The molecule has 1 aromatic rings. The fraction of sp³-hybridized carbons (Fsp3) is 0.667. The van der Waals surface area contributed by atoms with E-state index in [2.05, 4.69) is 10.0 Å². The zero-order chi connectivity index (χ0) is 16.1. The first kappa shape index (κ1) is 15.0. The first-order valence-electron chi connectivity index (χ1n) is 8.46. The summed E-state index contributed by atoms with van der Waals surface area (Å²) in [6.07, 6.45) is 4.62. The molecule has 4 bridgehead atoms. The van der Waals surface area contributed by atoms with Gasteiger partial charge in [0.05, 0.1) is 17.2 Å². The predicted octanol–water partition coefficient (Wildman–Crippen LogP) is 3.99. The van der Waals surface area contributed by atoms with Gasteiger partial charge < -0.3 is 9.84 Å². The molecule has 23 heavy (non-hydrogen) atoms. The average Bonchev–Trinajstić information content (AvgIpc) is 2.53. The Morgan fingerprint density at radius 1 is 1.30 bits per heavy atom. The molecule has 122 valence electrons. The molecular weight excluding hydrogens is 290 g/mol. The zero-order valence-electron chi connectivity index (χ0n) is 13.4. The molecule has 1 N–H and O–H groups in total. The van der Waals surface area contributed by atoms with E-state index in [9.17, 15) is 5.11 Å². The fourth-order valence-corrected chi connectivity index (χ4v) is 5.92. The van der Waals surface area contributed by atoms with Crippen LogP contribution in [0, 0.1) is 17.8 Å². The van der Waals surface area contributed by atoms with Crippen molar-refractivity contribution in [2.24, 2.45) is 22.9 Å². The minimum atomic E-state index is -0.783. The van der Waals surface area contributed by atoms with E-state index < -0.39 is 5.60 Å². The maximum absolute atomic E-state index is 11.5. The van der Waals surface area contributed by atoms with E-state index in [1.165, 1.54) is 0 Å². The highest BCUT2D eigenvalue weighted by molar-refractivity contribution is 5.25. The number of azide groups is 1. The van der Waals surface area contributed by atoms with Crippen molar-refractivity contribution in [1.29, 1.82) is 0 Å². The van der Waals surface area contributed by atoms with E-state index >= 15 is 0 Å². The van der Waals surface area contributed by atoms with Gasteiger partial charge in [-0.1, -0.05) is 35.4 Å². The van der Waals surface area contributed by atoms with Gasteiger partial charge in [0.1, 0.15) is 0 Å². The standard InChI is InChI=1S/C18H23N3O2/c1-23-17-8-12-7-14(10-17)15(18(22,9-12)11-17)16(20-21-19)13-5-3-2-4-6-13/h2-6,12,14-16,22H,7-11H2,1H3. The van der Waals surface area contributed by atoms with E-state index in [-0.39, 0.29) is 17.6 Å². The summed E-state index contributed by atoms with van der Waals surface area (Å²) in [6, 6.07) is 9.59. The van der Waals surface area contributed by atoms with E-state index in [1.54, 1.807) is 7.11 Å². The minimum Gasteiger partial charge on any atom is -0.389 e. The van der Waals surface area contributed by atoms with E-state index in [1.807, 2.05) is 30.3 Å². The number of ether oxygens (including phenoxy) is 1. The molecule has 1 aromatic carbocycles. The summed E-state index contributed by atoms with van der Waals surface area (Å²) in [5, 5.41) is 15.6. The smallest absolute Gasteiger partial charge is 0.0715 e. The number of rotatable bonds is 4. The summed E-state index contributed by atoms with van der Waals surface area (Å²) in [7, 11) is 1.77. The van der Waals surface area contributed by atoms with Crippen LogP contribution in [0.2, 0.25) is 0 Å². The molecule has 6 unspecified atom stereocenters. The number of aliphatic hydroxyl groups is 1. The number of benzene rings is 1. The second kappa shape index (κ2) is 5.23. The first-order valence-corrected chi connectivity index (χ1v) is 8.46. The second-order valence-corrected chi connectivity index (χ2v) is 7.73. The molecule has 4 fully saturated rings. The Morgan fingerprint density at radius 3 is 2.74 bits per heavy atom. The Morgan fingerprint density at radius 2 is 2.09 bits per heavy atom. The third-order valence-electron chi connectivity index (χ3n) is 6.42. The lowest BCUT2D eigenvalue weighted by atomic mass is 9.46. The van der Waals surface area contributed by atoms with Crippen LogP contribution in [-0.2, 0) is 4.74 Å². The Labute approximate surface area is 136 Å². The molecule has 0 amide bonds. The van der Waals surface area contributed by atoms with Crippen molar-refractivity contribution in [2.45, 2.75) is 49.3 Å². The highest BCUT2D eigenvalue weighted by atomic mass is 16.5. The van der Waals surface area contributed by atoms with Gasteiger partial charge in [0.2, 0.25) is 0 Å². The van der Waals surface area contributed by atoms with Crippen molar-refractivity contribution in [2.75, 3.05) is 7.11 Å². The lowest BCUT2D eigenvalue weighted by molar-refractivity contribution is -0.244. The highest BCUT2D eigenvalue weighted by Crippen LogP contribution is 2.64. The van der Waals surface area contributed by atoms with Crippen molar-refractivity contribution in [3.8, 4) is 0 Å². The summed E-state index contributed by atoms with van der Waals surface area (Å²) in [5.41, 5.74) is 9.13. The van der Waals surface area contributed by atoms with Crippen molar-refractivity contribution in [1.82, 2.24) is 0 Å². The minimum absolute atomic E-state index is 0.0133. The van der Waals surface area contributed by atoms with Crippen molar-refractivity contribution >= 4 is 0 Å². The van der Waals surface area contributed by atoms with Crippen LogP contribution in [0.25, 0.3) is 10.4 Å². The number of nitrogens with zero attached hydrogens (tertiary/aromatic N) is 3. The molecule has 5 heteroatoms. The van der Waals surface area contributed by atoms with E-state index in [4.69, 9.17) is 10.3 Å². The van der Waals surface area contributed by atoms with Crippen LogP contribution < -0.4 is 0 Å². The Kier molecular flexibility index (Phi) is 3.41. The molecule has 4 aliphatic carbocycles. The normalized spacial score (nSPS) is 42.3. The first-order chi connectivity index (χ1) is 11.1. The molecule has 5 rings (SSSR count). The number of hydrogen-bond donors (Lipinski definition) is 1. The molecule has 0 aromatic heterocycles. The molecule has 0 aliphatic heterocycles. The summed E-state index contributed by atoms with van der Waals surface area (Å²) in [6.45, 7) is 0. The summed E-state index contributed by atoms with van der Waals surface area (Å²) in [5.74, 6) is 0.878. The molecule has 5 nitrogen and oxygen atoms in total. The van der Waals surface area contributed by atoms with Gasteiger partial charge in [-0.15, -0.1) is 0 Å². The molecule has 0 saturated heterocycles. The van der Waals surface area contributed by atoms with Gasteiger partial charge in [-0.05, 0) is 48.6 Å². The lowest BCUT2D eigenvalue weighted by Gasteiger charge is -2.64.